The molecule has 8 nitrogen and oxygen atoms in total. The number of aromatic nitrogens is 3. The van der Waals surface area contributed by atoms with Crippen LogP contribution < -0.4 is 15.4 Å². The van der Waals surface area contributed by atoms with Crippen LogP contribution in [0.2, 0.25) is 10.0 Å². The van der Waals surface area contributed by atoms with Crippen molar-refractivity contribution in [3.05, 3.63) is 58.3 Å². The zero-order chi connectivity index (χ0) is 22.4. The molecule has 1 aromatic heterocycles. The lowest BCUT2D eigenvalue weighted by Crippen LogP contribution is -2.17. The molecule has 1 heterocycles. The summed E-state index contributed by atoms with van der Waals surface area (Å²) in [6, 6.07) is 11.9. The minimum atomic E-state index is -0.272. The van der Waals surface area contributed by atoms with Gasteiger partial charge in [0.25, 0.3) is 0 Å². The summed E-state index contributed by atoms with van der Waals surface area (Å²) in [5.74, 6) is 0.530. The van der Waals surface area contributed by atoms with Gasteiger partial charge >= 0.3 is 0 Å². The van der Waals surface area contributed by atoms with E-state index in [1.807, 2.05) is 0 Å². The minimum Gasteiger partial charge on any atom is -0.495 e. The highest BCUT2D eigenvalue weighted by Crippen LogP contribution is 2.28. The molecule has 3 rings (SSSR count). The van der Waals surface area contributed by atoms with Crippen molar-refractivity contribution in [3.8, 4) is 5.75 Å². The fourth-order valence-corrected chi connectivity index (χ4v) is 3.70. The number of para-hydroxylation sites is 1. The molecule has 2 aromatic carbocycles. The van der Waals surface area contributed by atoms with Gasteiger partial charge in [-0.2, -0.15) is 0 Å². The van der Waals surface area contributed by atoms with E-state index >= 15 is 0 Å². The normalized spacial score (nSPS) is 10.6. The molecule has 0 fully saturated rings. The standard InChI is InChI=1S/C20H19Cl2N5O3S/c1-27-17(10-18(28)23-14-6-4-3-5-13(14)22)25-26-20(27)31-11-19(29)24-15-9-12(21)7-8-16(15)30-2/h3-9H,10-11H2,1-2H3,(H,23,28)(H,24,29). The third-order valence-electron chi connectivity index (χ3n) is 4.16. The molecule has 0 saturated heterocycles. The number of halogens is 2. The van der Waals surface area contributed by atoms with Gasteiger partial charge in [0.2, 0.25) is 11.8 Å². The number of thioether (sulfide) groups is 1. The molecule has 0 aliphatic heterocycles. The number of hydrogen-bond donors (Lipinski definition) is 2. The number of methoxy groups -OCH3 is 1. The molecule has 0 aliphatic carbocycles. The molecule has 0 bridgehead atoms. The largest absolute Gasteiger partial charge is 0.495 e. The van der Waals surface area contributed by atoms with Gasteiger partial charge < -0.3 is 19.9 Å². The number of ether oxygens (including phenoxy) is 1. The molecule has 0 radical (unpaired) electrons. The van der Waals surface area contributed by atoms with E-state index in [1.54, 1.807) is 54.1 Å². The Labute approximate surface area is 193 Å². The monoisotopic (exact) mass is 479 g/mol. The second-order valence-corrected chi connectivity index (χ2v) is 8.13. The number of rotatable bonds is 8. The molecule has 0 spiro atoms. The molecule has 0 atom stereocenters. The second-order valence-electron chi connectivity index (χ2n) is 6.34. The van der Waals surface area contributed by atoms with E-state index in [4.69, 9.17) is 27.9 Å². The minimum absolute atomic E-state index is 0.0151. The third-order valence-corrected chi connectivity index (χ3v) is 5.74. The van der Waals surface area contributed by atoms with Crippen molar-refractivity contribution < 1.29 is 14.3 Å². The number of nitrogens with one attached hydrogen (secondary N) is 2. The van der Waals surface area contributed by atoms with Crippen LogP contribution in [-0.2, 0) is 23.1 Å². The average molecular weight is 480 g/mol. The van der Waals surface area contributed by atoms with Crippen LogP contribution in [0.1, 0.15) is 5.82 Å². The topological polar surface area (TPSA) is 98.1 Å². The summed E-state index contributed by atoms with van der Waals surface area (Å²) in [4.78, 5) is 24.6. The zero-order valence-electron chi connectivity index (χ0n) is 16.7. The quantitative estimate of drug-likeness (QED) is 0.473. The number of nitrogens with zero attached hydrogens (tertiary/aromatic N) is 3. The summed E-state index contributed by atoms with van der Waals surface area (Å²) < 4.78 is 6.89. The first kappa shape index (κ1) is 22.9. The lowest BCUT2D eigenvalue weighted by molar-refractivity contribution is -0.116. The summed E-state index contributed by atoms with van der Waals surface area (Å²) in [5, 5.41) is 15.1. The maximum absolute atomic E-state index is 12.3. The molecular weight excluding hydrogens is 461 g/mol. The Morgan fingerprint density at radius 2 is 1.81 bits per heavy atom. The number of amides is 2. The Kier molecular flexibility index (Phi) is 7.78. The van der Waals surface area contributed by atoms with Gasteiger partial charge in [-0.15, -0.1) is 10.2 Å². The van der Waals surface area contributed by atoms with Crippen LogP contribution in [0, 0.1) is 0 Å². The van der Waals surface area contributed by atoms with E-state index in [9.17, 15) is 9.59 Å². The second kappa shape index (κ2) is 10.5. The highest BCUT2D eigenvalue weighted by atomic mass is 35.5. The van der Waals surface area contributed by atoms with Gasteiger partial charge in [0.05, 0.1) is 35.7 Å². The molecular formula is C20H19Cl2N5O3S. The molecule has 2 N–H and O–H groups in total. The SMILES string of the molecule is COc1ccc(Cl)cc1NC(=O)CSc1nnc(CC(=O)Nc2ccccc2Cl)n1C. The Morgan fingerprint density at radius 1 is 1.06 bits per heavy atom. The van der Waals surface area contributed by atoms with Crippen LogP contribution in [0.5, 0.6) is 5.75 Å². The van der Waals surface area contributed by atoms with Gasteiger partial charge in [0.1, 0.15) is 11.6 Å². The first-order valence-corrected chi connectivity index (χ1v) is 10.8. The number of carbonyl (C=O) groups excluding carboxylic acids is 2. The van der Waals surface area contributed by atoms with E-state index in [1.165, 1.54) is 18.9 Å². The fraction of sp³-hybridized carbons (Fsp3) is 0.200. The van der Waals surface area contributed by atoms with Gasteiger partial charge in [0, 0.05) is 12.1 Å². The average Bonchev–Trinajstić information content (AvgIpc) is 3.07. The summed E-state index contributed by atoms with van der Waals surface area (Å²) in [5.41, 5.74) is 1.01. The van der Waals surface area contributed by atoms with Crippen molar-refractivity contribution in [2.24, 2.45) is 7.05 Å². The molecule has 2 amide bonds. The molecule has 3 aromatic rings. The van der Waals surface area contributed by atoms with Crippen molar-refractivity contribution in [2.45, 2.75) is 11.6 Å². The highest BCUT2D eigenvalue weighted by Gasteiger charge is 2.16. The van der Waals surface area contributed by atoms with E-state index in [2.05, 4.69) is 20.8 Å². The molecule has 31 heavy (non-hydrogen) atoms. The van der Waals surface area contributed by atoms with Gasteiger partial charge in [0.15, 0.2) is 5.16 Å². The Hall–Kier alpha value is -2.75. The summed E-state index contributed by atoms with van der Waals surface area (Å²) in [6.07, 6.45) is 0.0151. The van der Waals surface area contributed by atoms with Crippen LogP contribution in [0.15, 0.2) is 47.6 Å². The Bertz CT molecular complexity index is 1110. The van der Waals surface area contributed by atoms with Gasteiger partial charge in [-0.1, -0.05) is 47.1 Å². The lowest BCUT2D eigenvalue weighted by Gasteiger charge is -2.10. The number of anilines is 2. The van der Waals surface area contributed by atoms with Crippen molar-refractivity contribution in [2.75, 3.05) is 23.5 Å². The summed E-state index contributed by atoms with van der Waals surface area (Å²) in [6.45, 7) is 0. The van der Waals surface area contributed by atoms with E-state index in [0.29, 0.717) is 38.2 Å². The van der Waals surface area contributed by atoms with Crippen LogP contribution in [-0.4, -0.2) is 39.4 Å². The van der Waals surface area contributed by atoms with Crippen LogP contribution in [0.4, 0.5) is 11.4 Å². The molecule has 11 heteroatoms. The van der Waals surface area contributed by atoms with Crippen LogP contribution in [0.3, 0.4) is 0 Å². The van der Waals surface area contributed by atoms with Gasteiger partial charge in [-0.3, -0.25) is 9.59 Å². The smallest absolute Gasteiger partial charge is 0.234 e. The number of hydrogen-bond acceptors (Lipinski definition) is 6. The van der Waals surface area contributed by atoms with Crippen molar-refractivity contribution in [1.82, 2.24) is 14.8 Å². The Morgan fingerprint density at radius 3 is 2.55 bits per heavy atom. The van der Waals surface area contributed by atoms with E-state index < -0.39 is 0 Å². The first-order valence-electron chi connectivity index (χ1n) is 9.06. The third kappa shape index (κ3) is 6.13. The number of benzene rings is 2. The summed E-state index contributed by atoms with van der Waals surface area (Å²) in [7, 11) is 3.25. The predicted octanol–water partition coefficient (Wildman–Crippen LogP) is 4.04. The molecule has 0 unspecified atom stereocenters. The van der Waals surface area contributed by atoms with Gasteiger partial charge in [-0.05, 0) is 30.3 Å². The first-order chi connectivity index (χ1) is 14.9. The van der Waals surface area contributed by atoms with E-state index in [-0.39, 0.29) is 24.0 Å². The summed E-state index contributed by atoms with van der Waals surface area (Å²) >= 11 is 13.2. The predicted molar refractivity (Wildman–Crippen MR) is 122 cm³/mol. The Balaban J connectivity index is 1.57. The highest BCUT2D eigenvalue weighted by molar-refractivity contribution is 7.99. The maximum atomic E-state index is 12.3. The van der Waals surface area contributed by atoms with Crippen molar-refractivity contribution >= 4 is 58.2 Å². The molecule has 162 valence electrons. The number of carbonyl (C=O) groups is 2. The maximum Gasteiger partial charge on any atom is 0.234 e. The van der Waals surface area contributed by atoms with E-state index in [0.717, 1.165) is 0 Å². The molecule has 0 aliphatic rings. The van der Waals surface area contributed by atoms with Crippen LogP contribution in [0.25, 0.3) is 0 Å². The lowest BCUT2D eigenvalue weighted by atomic mass is 10.3. The van der Waals surface area contributed by atoms with Crippen molar-refractivity contribution in [1.29, 1.82) is 0 Å². The fourth-order valence-electron chi connectivity index (χ4n) is 2.62. The van der Waals surface area contributed by atoms with Crippen LogP contribution >= 0.6 is 35.0 Å². The van der Waals surface area contributed by atoms with Gasteiger partial charge in [-0.25, -0.2) is 0 Å². The zero-order valence-corrected chi connectivity index (χ0v) is 19.0. The molecule has 0 saturated carbocycles. The van der Waals surface area contributed by atoms with Crippen molar-refractivity contribution in [3.63, 3.8) is 0 Å².